The van der Waals surface area contributed by atoms with Crippen LogP contribution in [0.4, 0.5) is 5.69 Å². The molecule has 35 heavy (non-hydrogen) atoms. The van der Waals surface area contributed by atoms with Gasteiger partial charge in [-0.05, 0) is 12.5 Å². The van der Waals surface area contributed by atoms with E-state index in [4.69, 9.17) is 0 Å². The first-order valence-corrected chi connectivity index (χ1v) is 11.9. The Labute approximate surface area is 206 Å². The van der Waals surface area contributed by atoms with Gasteiger partial charge in [-0.25, -0.2) is 4.98 Å². The van der Waals surface area contributed by atoms with Crippen molar-refractivity contribution in [3.63, 3.8) is 0 Å². The van der Waals surface area contributed by atoms with Crippen LogP contribution in [0.2, 0.25) is 0 Å². The number of nitro groups is 1. The van der Waals surface area contributed by atoms with Gasteiger partial charge in [0.2, 0.25) is 5.78 Å². The van der Waals surface area contributed by atoms with Crippen LogP contribution in [0.15, 0.2) is 65.9 Å². The highest BCUT2D eigenvalue weighted by Crippen LogP contribution is 2.41. The Morgan fingerprint density at radius 2 is 1.91 bits per heavy atom. The van der Waals surface area contributed by atoms with Crippen LogP contribution in [0.5, 0.6) is 0 Å². The molecule has 10 heteroatoms. The summed E-state index contributed by atoms with van der Waals surface area (Å²) in [5, 5.41) is 22.9. The summed E-state index contributed by atoms with van der Waals surface area (Å²) in [7, 11) is 3.85. The van der Waals surface area contributed by atoms with E-state index in [1.54, 1.807) is 13.0 Å². The number of aliphatic hydroxyl groups is 1. The molecule has 2 heterocycles. The lowest BCUT2D eigenvalue weighted by Gasteiger charge is -2.27. The van der Waals surface area contributed by atoms with Crippen LogP contribution in [-0.2, 0) is 4.79 Å². The molecule has 0 bridgehead atoms. The molecule has 2 N–H and O–H groups in total. The van der Waals surface area contributed by atoms with E-state index in [1.807, 2.05) is 44.4 Å². The Bertz CT molecular complexity index is 1330. The van der Waals surface area contributed by atoms with Gasteiger partial charge in [-0.1, -0.05) is 42.5 Å². The number of benzene rings is 2. The molecule has 1 aromatic heterocycles. The summed E-state index contributed by atoms with van der Waals surface area (Å²) in [5.74, 6) is -1.81. The number of likely N-dealkylation sites (N-methyl/N-ethyl adjacent to an activating group) is 1. The summed E-state index contributed by atoms with van der Waals surface area (Å²) in [4.78, 5) is 45.1. The van der Waals surface area contributed by atoms with Crippen molar-refractivity contribution in [2.24, 2.45) is 0 Å². The largest absolute Gasteiger partial charge is 0.503 e. The highest BCUT2D eigenvalue weighted by Gasteiger charge is 2.45. The lowest BCUT2D eigenvalue weighted by Crippen LogP contribution is -3.06. The second-order valence-corrected chi connectivity index (χ2v) is 9.60. The minimum atomic E-state index is -0.948. The van der Waals surface area contributed by atoms with Crippen LogP contribution < -0.4 is 4.90 Å². The van der Waals surface area contributed by atoms with Gasteiger partial charge in [0.25, 0.3) is 11.6 Å². The van der Waals surface area contributed by atoms with Gasteiger partial charge in [-0.2, -0.15) is 0 Å². The third-order valence-corrected chi connectivity index (χ3v) is 7.03. The number of amides is 1. The first-order valence-electron chi connectivity index (χ1n) is 11.0. The molecular weight excluding hydrogens is 468 g/mol. The van der Waals surface area contributed by atoms with Crippen molar-refractivity contribution in [1.29, 1.82) is 0 Å². The van der Waals surface area contributed by atoms with Gasteiger partial charge in [-0.3, -0.25) is 19.7 Å². The zero-order valence-electron chi connectivity index (χ0n) is 19.5. The second kappa shape index (κ2) is 9.77. The fourth-order valence-corrected chi connectivity index (χ4v) is 5.07. The maximum Gasteiger partial charge on any atom is 0.290 e. The molecule has 0 saturated heterocycles. The van der Waals surface area contributed by atoms with Crippen LogP contribution >= 0.6 is 11.3 Å². The normalized spacial score (nSPS) is 15.8. The van der Waals surface area contributed by atoms with E-state index >= 15 is 0 Å². The van der Waals surface area contributed by atoms with Crippen molar-refractivity contribution >= 4 is 28.7 Å². The van der Waals surface area contributed by atoms with Gasteiger partial charge < -0.3 is 14.9 Å². The fraction of sp³-hybridized carbons (Fsp3) is 0.240. The summed E-state index contributed by atoms with van der Waals surface area (Å²) < 4.78 is 0. The molecule has 0 spiro atoms. The second-order valence-electron chi connectivity index (χ2n) is 8.60. The number of nitrogens with one attached hydrogen (secondary N) is 1. The van der Waals surface area contributed by atoms with Crippen LogP contribution in [0.3, 0.4) is 0 Å². The van der Waals surface area contributed by atoms with Crippen molar-refractivity contribution < 1.29 is 24.5 Å². The summed E-state index contributed by atoms with van der Waals surface area (Å²) in [6.07, 6.45) is 0. The number of non-ortho nitro benzene ring substituents is 1. The molecular formula is C25H25N4O5S+. The minimum absolute atomic E-state index is 0.0874. The van der Waals surface area contributed by atoms with E-state index in [0.29, 0.717) is 27.7 Å². The summed E-state index contributed by atoms with van der Waals surface area (Å²) in [5.41, 5.74) is 1.48. The number of quaternary nitrogens is 1. The van der Waals surface area contributed by atoms with Gasteiger partial charge >= 0.3 is 0 Å². The van der Waals surface area contributed by atoms with Crippen LogP contribution in [0, 0.1) is 17.0 Å². The number of ketones is 1. The van der Waals surface area contributed by atoms with E-state index in [1.165, 1.54) is 34.4 Å². The standard InChI is InChI=1S/C25H24N4O5S/c1-15-23(35-24(26-15)16-8-5-4-6-9-16)21(30)19-20(17-10-7-11-18(14-17)29(33)34)28(13-12-27(2)3)25(32)22(19)31/h4-11,14,20,31H,12-13H2,1-3H3/p+1/t20-/m0/s1. The third kappa shape index (κ3) is 4.71. The number of hydrogen-bond acceptors (Lipinski definition) is 7. The molecule has 1 aliphatic rings. The van der Waals surface area contributed by atoms with Crippen LogP contribution in [0.1, 0.15) is 27.0 Å². The summed E-state index contributed by atoms with van der Waals surface area (Å²) in [6.45, 7) is 2.52. The molecule has 2 aromatic carbocycles. The number of aliphatic hydroxyl groups excluding tert-OH is 1. The summed E-state index contributed by atoms with van der Waals surface area (Å²) in [6, 6.07) is 14.3. The molecule has 0 unspecified atom stereocenters. The number of rotatable bonds is 8. The highest BCUT2D eigenvalue weighted by atomic mass is 32.1. The SMILES string of the molecule is Cc1nc(-c2ccccc2)sc1C(=O)C1=C(O)C(=O)N(CC[NH+](C)C)[C@H]1c1cccc([N+](=O)[O-])c1. The number of nitro benzene ring substituents is 1. The van der Waals surface area contributed by atoms with Crippen molar-refractivity contribution in [3.05, 3.63) is 92.2 Å². The van der Waals surface area contributed by atoms with E-state index in [9.17, 15) is 24.8 Å². The summed E-state index contributed by atoms with van der Waals surface area (Å²) >= 11 is 1.19. The molecule has 0 aliphatic carbocycles. The molecule has 0 radical (unpaired) electrons. The van der Waals surface area contributed by atoms with E-state index < -0.39 is 28.4 Å². The third-order valence-electron chi connectivity index (χ3n) is 5.82. The molecule has 1 atom stereocenters. The van der Waals surface area contributed by atoms with Crippen molar-refractivity contribution in [3.8, 4) is 10.6 Å². The first kappa shape index (κ1) is 24.2. The minimum Gasteiger partial charge on any atom is -0.503 e. The molecule has 9 nitrogen and oxygen atoms in total. The van der Waals surface area contributed by atoms with Gasteiger partial charge in [0.05, 0.1) is 54.3 Å². The van der Waals surface area contributed by atoms with Crippen molar-refractivity contribution in [1.82, 2.24) is 9.88 Å². The number of Topliss-reactive ketones (excluding diaryl/α,β-unsaturated/α-hetero) is 1. The molecule has 4 rings (SSSR count). The zero-order valence-corrected chi connectivity index (χ0v) is 20.3. The average molecular weight is 494 g/mol. The number of carbonyl (C=O) groups is 2. The monoisotopic (exact) mass is 493 g/mol. The van der Waals surface area contributed by atoms with Gasteiger partial charge in [0.15, 0.2) is 5.76 Å². The average Bonchev–Trinajstić information content (AvgIpc) is 3.35. The number of aromatic nitrogens is 1. The molecule has 3 aromatic rings. The van der Waals surface area contributed by atoms with Gasteiger partial charge in [0.1, 0.15) is 5.01 Å². The Morgan fingerprint density at radius 3 is 2.57 bits per heavy atom. The Hall–Kier alpha value is -3.89. The lowest BCUT2D eigenvalue weighted by atomic mass is 9.94. The number of hydrogen-bond donors (Lipinski definition) is 2. The molecule has 1 amide bonds. The Morgan fingerprint density at radius 1 is 1.20 bits per heavy atom. The van der Waals surface area contributed by atoms with Gasteiger partial charge in [0, 0.05) is 17.7 Å². The fourth-order valence-electron chi connectivity index (χ4n) is 4.05. The highest BCUT2D eigenvalue weighted by molar-refractivity contribution is 7.17. The maximum absolute atomic E-state index is 13.8. The van der Waals surface area contributed by atoms with Crippen LogP contribution in [-0.4, -0.2) is 58.8 Å². The predicted octanol–water partition coefficient (Wildman–Crippen LogP) is 2.75. The van der Waals surface area contributed by atoms with E-state index in [-0.39, 0.29) is 17.8 Å². The predicted molar refractivity (Wildman–Crippen MR) is 132 cm³/mol. The number of nitrogens with zero attached hydrogens (tertiary/aromatic N) is 3. The quantitative estimate of drug-likeness (QED) is 0.283. The number of carbonyl (C=O) groups excluding carboxylic acids is 2. The molecule has 180 valence electrons. The van der Waals surface area contributed by atoms with Crippen LogP contribution in [0.25, 0.3) is 10.6 Å². The Balaban J connectivity index is 1.80. The Kier molecular flexibility index (Phi) is 6.77. The molecule has 0 fully saturated rings. The van der Waals surface area contributed by atoms with Gasteiger partial charge in [-0.15, -0.1) is 11.3 Å². The molecule has 1 aliphatic heterocycles. The molecule has 0 saturated carbocycles. The first-order chi connectivity index (χ1) is 16.7. The zero-order chi connectivity index (χ0) is 25.3. The van der Waals surface area contributed by atoms with E-state index in [2.05, 4.69) is 4.98 Å². The van der Waals surface area contributed by atoms with E-state index in [0.717, 1.165) is 10.5 Å². The maximum atomic E-state index is 13.8. The number of aryl methyl sites for hydroxylation is 1. The number of thiazole rings is 1. The van der Waals surface area contributed by atoms with Crippen molar-refractivity contribution in [2.45, 2.75) is 13.0 Å². The lowest BCUT2D eigenvalue weighted by molar-refractivity contribution is -0.857. The van der Waals surface area contributed by atoms with Crippen molar-refractivity contribution in [2.75, 3.05) is 27.2 Å². The topological polar surface area (TPSA) is 118 Å². The smallest absolute Gasteiger partial charge is 0.290 e.